The molecule has 0 bridgehead atoms. The normalized spacial score (nSPS) is 11.1. The first-order valence-electron chi connectivity index (χ1n) is 7.06. The van der Waals surface area contributed by atoms with Crippen LogP contribution in [0.25, 0.3) is 28.0 Å². The molecule has 4 aromatic rings. The number of tetrazole rings is 1. The second kappa shape index (κ2) is 5.54. The van der Waals surface area contributed by atoms with Crippen molar-refractivity contribution in [2.45, 2.75) is 0 Å². The van der Waals surface area contributed by atoms with Crippen LogP contribution in [0.2, 0.25) is 5.02 Å². The first-order chi connectivity index (χ1) is 11.6. The van der Waals surface area contributed by atoms with Crippen LogP contribution in [-0.4, -0.2) is 20.5 Å². The minimum Gasteiger partial charge on any atom is -0.397 e. The van der Waals surface area contributed by atoms with Gasteiger partial charge in [0.1, 0.15) is 16.6 Å². The highest BCUT2D eigenvalue weighted by Crippen LogP contribution is 2.30. The maximum Gasteiger partial charge on any atom is 0.340 e. The van der Waals surface area contributed by atoms with Crippen LogP contribution < -0.4 is 10.4 Å². The summed E-state index contributed by atoms with van der Waals surface area (Å²) < 4.78 is 14.7. The van der Waals surface area contributed by atoms with Crippen molar-refractivity contribution in [3.05, 3.63) is 59.5 Å². The van der Waals surface area contributed by atoms with Crippen molar-refractivity contribution in [1.29, 1.82) is 0 Å². The van der Waals surface area contributed by atoms with Gasteiger partial charge < -0.3 is 5.73 Å². The summed E-state index contributed by atoms with van der Waals surface area (Å²) in [7, 11) is 0. The van der Waals surface area contributed by atoms with Gasteiger partial charge in [-0.1, -0.05) is 16.8 Å². The molecule has 0 atom stereocenters. The molecular weight excluding hydrogens is 331 g/mol. The summed E-state index contributed by atoms with van der Waals surface area (Å²) in [6.45, 7) is 0. The average molecular weight is 342 g/mol. The number of nitrogens with zero attached hydrogens (tertiary/aromatic N) is 4. The molecule has 0 saturated heterocycles. The van der Waals surface area contributed by atoms with E-state index in [0.717, 1.165) is 5.39 Å². The van der Waals surface area contributed by atoms with E-state index in [1.165, 1.54) is 12.1 Å². The van der Waals surface area contributed by atoms with E-state index in [9.17, 15) is 4.39 Å². The van der Waals surface area contributed by atoms with E-state index in [2.05, 4.69) is 20.5 Å². The fraction of sp³-hybridized carbons (Fsp3) is 0. The minimum absolute atomic E-state index is 0.322. The van der Waals surface area contributed by atoms with Crippen LogP contribution in [0, 0.1) is 5.82 Å². The molecule has 0 fully saturated rings. The van der Waals surface area contributed by atoms with Crippen LogP contribution in [0.5, 0.6) is 0 Å². The summed E-state index contributed by atoms with van der Waals surface area (Å²) >= 11 is 5.99. The Morgan fingerprint density at radius 2 is 1.92 bits per heavy atom. The van der Waals surface area contributed by atoms with E-state index in [1.807, 2.05) is 6.07 Å². The van der Waals surface area contributed by atoms with Crippen molar-refractivity contribution >= 4 is 28.2 Å². The fourth-order valence-electron chi connectivity index (χ4n) is 2.52. The molecule has 3 N–H and O–H groups in total. The number of rotatable bonds is 2. The third-order valence-corrected chi connectivity index (χ3v) is 3.93. The van der Waals surface area contributed by atoms with Gasteiger partial charge in [-0.2, -0.15) is 0 Å². The third-order valence-electron chi connectivity index (χ3n) is 3.70. The lowest BCUT2D eigenvalue weighted by molar-refractivity contribution is -0.649. The van der Waals surface area contributed by atoms with Gasteiger partial charge in [-0.3, -0.25) is 4.98 Å². The van der Waals surface area contributed by atoms with E-state index >= 15 is 0 Å². The number of H-pyrrole nitrogens is 1. The zero-order valence-electron chi connectivity index (χ0n) is 12.2. The van der Waals surface area contributed by atoms with E-state index < -0.39 is 0 Å². The predicted octanol–water partition coefficient (Wildman–Crippen LogP) is 2.67. The largest absolute Gasteiger partial charge is 0.397 e. The summed E-state index contributed by atoms with van der Waals surface area (Å²) in [6, 6.07) is 11.3. The number of nitrogen functional groups attached to an aromatic ring is 1. The molecule has 0 saturated carbocycles. The number of nitrogens with one attached hydrogen (secondary N) is 1. The summed E-state index contributed by atoms with van der Waals surface area (Å²) in [4.78, 5) is 4.39. The number of aromatic amines is 1. The summed E-state index contributed by atoms with van der Waals surface area (Å²) in [5.41, 5.74) is 8.79. The Bertz CT molecular complexity index is 1040. The highest BCUT2D eigenvalue weighted by molar-refractivity contribution is 6.31. The Balaban J connectivity index is 1.90. The molecule has 2 heterocycles. The molecule has 0 aliphatic rings. The number of anilines is 1. The molecule has 0 aliphatic carbocycles. The van der Waals surface area contributed by atoms with Crippen LogP contribution in [0.1, 0.15) is 0 Å². The van der Waals surface area contributed by atoms with Crippen LogP contribution in [0.15, 0.2) is 48.7 Å². The molecule has 0 radical (unpaired) electrons. The van der Waals surface area contributed by atoms with E-state index in [0.29, 0.717) is 33.3 Å². The van der Waals surface area contributed by atoms with Gasteiger partial charge in [-0.05, 0) is 42.5 Å². The molecule has 6 nitrogen and oxygen atoms in total. The third kappa shape index (κ3) is 2.35. The number of hydrogen-bond acceptors (Lipinski definition) is 4. The fourth-order valence-corrected chi connectivity index (χ4v) is 2.68. The quantitative estimate of drug-likeness (QED) is 0.549. The van der Waals surface area contributed by atoms with E-state index in [1.54, 1.807) is 35.1 Å². The van der Waals surface area contributed by atoms with Gasteiger partial charge in [-0.15, -0.1) is 4.68 Å². The van der Waals surface area contributed by atoms with Crippen LogP contribution in [-0.2, 0) is 0 Å². The van der Waals surface area contributed by atoms with Gasteiger partial charge in [0.2, 0.25) is 0 Å². The standard InChI is InChI=1S/C16H10ClFN6/c17-9-1-6-12-14(7-9)20-8-13(15(12)19)16-21-22-23-24(16)11-4-2-10(18)3-5-11/h1-8H,(H2,19,20,21,23)/p+1. The van der Waals surface area contributed by atoms with Gasteiger partial charge in [-0.25, -0.2) is 4.39 Å². The highest BCUT2D eigenvalue weighted by atomic mass is 35.5. The van der Waals surface area contributed by atoms with Gasteiger partial charge in [0.05, 0.1) is 16.8 Å². The SMILES string of the molecule is Nc1c(-c2nn[nH][n+]2-c2ccc(F)cc2)cnc2cc(Cl)ccc12. The Morgan fingerprint density at radius 3 is 2.71 bits per heavy atom. The molecule has 0 aliphatic heterocycles. The van der Waals surface area contributed by atoms with Crippen molar-refractivity contribution in [1.82, 2.24) is 20.5 Å². The lowest BCUT2D eigenvalue weighted by Gasteiger charge is -2.06. The first kappa shape index (κ1) is 14.5. The smallest absolute Gasteiger partial charge is 0.340 e. The van der Waals surface area contributed by atoms with Gasteiger partial charge >= 0.3 is 5.82 Å². The van der Waals surface area contributed by atoms with Crippen molar-refractivity contribution in [2.75, 3.05) is 5.73 Å². The monoisotopic (exact) mass is 341 g/mol. The molecule has 0 unspecified atom stereocenters. The molecule has 0 amide bonds. The van der Waals surface area contributed by atoms with Gasteiger partial charge in [0.25, 0.3) is 0 Å². The second-order valence-electron chi connectivity index (χ2n) is 5.18. The minimum atomic E-state index is -0.322. The van der Waals surface area contributed by atoms with Crippen molar-refractivity contribution in [3.63, 3.8) is 0 Å². The van der Waals surface area contributed by atoms with Gasteiger partial charge in [0, 0.05) is 16.6 Å². The average Bonchev–Trinajstić information content (AvgIpc) is 3.05. The zero-order chi connectivity index (χ0) is 16.7. The van der Waals surface area contributed by atoms with Gasteiger partial charge in [0.15, 0.2) is 5.21 Å². The number of hydrogen-bond donors (Lipinski definition) is 2. The molecule has 0 spiro atoms. The lowest BCUT2D eigenvalue weighted by Crippen LogP contribution is -2.35. The molecule has 8 heteroatoms. The van der Waals surface area contributed by atoms with Crippen LogP contribution in [0.4, 0.5) is 10.1 Å². The zero-order valence-corrected chi connectivity index (χ0v) is 13.0. The summed E-state index contributed by atoms with van der Waals surface area (Å²) in [5, 5.41) is 12.0. The number of pyridine rings is 1. The number of fused-ring (bicyclic) bond motifs is 1. The summed E-state index contributed by atoms with van der Waals surface area (Å²) in [5.74, 6) is 0.153. The molecule has 2 aromatic carbocycles. The lowest BCUT2D eigenvalue weighted by atomic mass is 10.1. The molecule has 2 aromatic heterocycles. The molecule has 4 rings (SSSR count). The molecule has 24 heavy (non-hydrogen) atoms. The number of benzene rings is 2. The highest BCUT2D eigenvalue weighted by Gasteiger charge is 2.22. The number of aromatic nitrogens is 5. The van der Waals surface area contributed by atoms with Crippen molar-refractivity contribution in [2.24, 2.45) is 0 Å². The topological polar surface area (TPSA) is 84.4 Å². The summed E-state index contributed by atoms with van der Waals surface area (Å²) in [6.07, 6.45) is 1.62. The van der Waals surface area contributed by atoms with Crippen LogP contribution >= 0.6 is 11.6 Å². The Kier molecular flexibility index (Phi) is 3.35. The maximum absolute atomic E-state index is 13.1. The molecule has 118 valence electrons. The number of nitrogens with two attached hydrogens (primary N) is 1. The molecular formula is C16H11ClFN6+. The predicted molar refractivity (Wildman–Crippen MR) is 88.0 cm³/mol. The Hall–Kier alpha value is -3.06. The Morgan fingerprint density at radius 1 is 1.12 bits per heavy atom. The second-order valence-corrected chi connectivity index (χ2v) is 5.62. The Labute approximate surface area is 140 Å². The number of halogens is 2. The van der Waals surface area contributed by atoms with E-state index in [-0.39, 0.29) is 5.82 Å². The van der Waals surface area contributed by atoms with E-state index in [4.69, 9.17) is 17.3 Å². The van der Waals surface area contributed by atoms with Crippen LogP contribution in [0.3, 0.4) is 0 Å². The van der Waals surface area contributed by atoms with Crippen molar-refractivity contribution in [3.8, 4) is 17.1 Å². The van der Waals surface area contributed by atoms with Crippen molar-refractivity contribution < 1.29 is 9.07 Å². The first-order valence-corrected chi connectivity index (χ1v) is 7.44. The maximum atomic E-state index is 13.1.